The van der Waals surface area contributed by atoms with E-state index in [4.69, 9.17) is 4.42 Å². The van der Waals surface area contributed by atoms with Crippen LogP contribution in [0.1, 0.15) is 43.9 Å². The first-order valence-electron chi connectivity index (χ1n) is 7.63. The molecule has 2 heterocycles. The van der Waals surface area contributed by atoms with Crippen molar-refractivity contribution >= 4 is 12.0 Å². The van der Waals surface area contributed by atoms with Crippen molar-refractivity contribution in [1.29, 1.82) is 0 Å². The van der Waals surface area contributed by atoms with E-state index in [0.29, 0.717) is 24.6 Å². The highest BCUT2D eigenvalue weighted by atomic mass is 16.4. The van der Waals surface area contributed by atoms with E-state index in [-0.39, 0.29) is 24.5 Å². The Labute approximate surface area is 128 Å². The number of amides is 2. The van der Waals surface area contributed by atoms with Crippen molar-refractivity contribution in [2.24, 2.45) is 11.3 Å². The second-order valence-corrected chi connectivity index (χ2v) is 6.41. The Morgan fingerprint density at radius 2 is 2.36 bits per heavy atom. The van der Waals surface area contributed by atoms with Gasteiger partial charge in [0, 0.05) is 13.1 Å². The number of aliphatic carboxylic acids is 1. The van der Waals surface area contributed by atoms with Crippen LogP contribution in [-0.2, 0) is 4.79 Å². The summed E-state index contributed by atoms with van der Waals surface area (Å²) in [5.74, 6) is 0.437. The molecule has 1 aromatic rings. The van der Waals surface area contributed by atoms with Crippen molar-refractivity contribution in [3.63, 3.8) is 0 Å². The van der Waals surface area contributed by atoms with Gasteiger partial charge in [0.2, 0.25) is 5.89 Å². The van der Waals surface area contributed by atoms with Crippen LogP contribution >= 0.6 is 0 Å². The molecule has 2 N–H and O–H groups in total. The summed E-state index contributed by atoms with van der Waals surface area (Å²) in [4.78, 5) is 29.7. The van der Waals surface area contributed by atoms with Crippen molar-refractivity contribution in [3.8, 4) is 0 Å². The number of urea groups is 1. The first-order valence-corrected chi connectivity index (χ1v) is 7.63. The fourth-order valence-electron chi connectivity index (χ4n) is 3.70. The molecule has 0 spiro atoms. The van der Waals surface area contributed by atoms with Gasteiger partial charge in [-0.1, -0.05) is 6.42 Å². The molecule has 7 heteroatoms. The second-order valence-electron chi connectivity index (χ2n) is 6.41. The Morgan fingerprint density at radius 1 is 1.59 bits per heavy atom. The predicted octanol–water partition coefficient (Wildman–Crippen LogP) is 1.94. The number of hydrogen-bond donors (Lipinski definition) is 2. The van der Waals surface area contributed by atoms with Crippen LogP contribution in [0.4, 0.5) is 4.79 Å². The van der Waals surface area contributed by atoms with E-state index in [9.17, 15) is 14.7 Å². The molecular weight excluding hydrogens is 286 g/mol. The molecule has 1 aromatic heterocycles. The number of carboxylic acid groups (broad SMARTS) is 1. The van der Waals surface area contributed by atoms with Crippen LogP contribution in [0.2, 0.25) is 0 Å². The molecule has 7 nitrogen and oxygen atoms in total. The quantitative estimate of drug-likeness (QED) is 0.889. The summed E-state index contributed by atoms with van der Waals surface area (Å²) in [6.45, 7) is 4.39. The summed E-state index contributed by atoms with van der Waals surface area (Å²) in [5, 5.41) is 12.4. The molecule has 1 aliphatic carbocycles. The van der Waals surface area contributed by atoms with Gasteiger partial charge in [-0.25, -0.2) is 9.78 Å². The minimum absolute atomic E-state index is 0.0649. The molecule has 1 saturated heterocycles. The lowest BCUT2D eigenvalue weighted by molar-refractivity contribution is -0.149. The van der Waals surface area contributed by atoms with Gasteiger partial charge in [-0.2, -0.15) is 0 Å². The largest absolute Gasteiger partial charge is 0.481 e. The topological polar surface area (TPSA) is 95.7 Å². The van der Waals surface area contributed by atoms with E-state index in [2.05, 4.69) is 10.3 Å². The minimum atomic E-state index is -0.776. The highest BCUT2D eigenvalue weighted by molar-refractivity contribution is 5.80. The number of nitrogens with zero attached hydrogens (tertiary/aromatic N) is 2. The van der Waals surface area contributed by atoms with Crippen LogP contribution in [-0.4, -0.2) is 40.1 Å². The summed E-state index contributed by atoms with van der Waals surface area (Å²) in [5.41, 5.74) is -0.750. The van der Waals surface area contributed by atoms with Crippen LogP contribution in [0.25, 0.3) is 0 Å². The Kier molecular flexibility index (Phi) is 3.58. The van der Waals surface area contributed by atoms with Gasteiger partial charge in [-0.15, -0.1) is 0 Å². The molecule has 2 amide bonds. The maximum Gasteiger partial charge on any atom is 0.318 e. The molecular formula is C15H21N3O4. The monoisotopic (exact) mass is 307 g/mol. The molecule has 1 unspecified atom stereocenters. The Morgan fingerprint density at radius 3 is 2.95 bits per heavy atom. The number of likely N-dealkylation sites (tertiary alicyclic amines) is 1. The predicted molar refractivity (Wildman–Crippen MR) is 77.2 cm³/mol. The number of hydrogen-bond acceptors (Lipinski definition) is 4. The SMILES string of the molecule is Cc1cnc(C(C)NC(=O)N2C[C@@H]3CCC[C@@]3(C(=O)O)C2)o1. The van der Waals surface area contributed by atoms with Gasteiger partial charge in [0.1, 0.15) is 11.8 Å². The summed E-state index contributed by atoms with van der Waals surface area (Å²) in [7, 11) is 0. The maximum absolute atomic E-state index is 12.4. The van der Waals surface area contributed by atoms with Crippen molar-refractivity contribution in [3.05, 3.63) is 17.8 Å². The van der Waals surface area contributed by atoms with Crippen molar-refractivity contribution < 1.29 is 19.1 Å². The standard InChI is InChI=1S/C15H21N3O4/c1-9-6-16-12(22-9)10(2)17-14(21)18-7-11-4-3-5-15(11,8-18)13(19)20/h6,10-11H,3-5,7-8H2,1-2H3,(H,17,21)(H,19,20)/t10?,11-,15+/m0/s1. The fourth-order valence-corrected chi connectivity index (χ4v) is 3.70. The van der Waals surface area contributed by atoms with E-state index in [1.54, 1.807) is 24.9 Å². The van der Waals surface area contributed by atoms with Crippen LogP contribution in [0.5, 0.6) is 0 Å². The Bertz CT molecular complexity index is 599. The third-order valence-corrected chi connectivity index (χ3v) is 4.93. The zero-order valence-electron chi connectivity index (χ0n) is 12.8. The molecule has 1 saturated carbocycles. The van der Waals surface area contributed by atoms with Crippen LogP contribution < -0.4 is 5.32 Å². The third-order valence-electron chi connectivity index (χ3n) is 4.93. The molecule has 2 fully saturated rings. The number of rotatable bonds is 3. The number of fused-ring (bicyclic) bond motifs is 1. The first-order chi connectivity index (χ1) is 10.4. The smallest absolute Gasteiger partial charge is 0.318 e. The molecule has 0 aromatic carbocycles. The van der Waals surface area contributed by atoms with E-state index in [1.807, 2.05) is 0 Å². The number of carbonyl (C=O) groups is 2. The lowest BCUT2D eigenvalue weighted by atomic mass is 9.81. The molecule has 3 rings (SSSR count). The van der Waals surface area contributed by atoms with Gasteiger partial charge >= 0.3 is 12.0 Å². The third kappa shape index (κ3) is 2.34. The Hall–Kier alpha value is -2.05. The average Bonchev–Trinajstić information content (AvgIpc) is 3.10. The molecule has 0 radical (unpaired) electrons. The lowest BCUT2D eigenvalue weighted by Crippen LogP contribution is -2.42. The van der Waals surface area contributed by atoms with E-state index in [1.165, 1.54) is 0 Å². The number of aromatic nitrogens is 1. The minimum Gasteiger partial charge on any atom is -0.481 e. The van der Waals surface area contributed by atoms with Gasteiger partial charge in [0.15, 0.2) is 0 Å². The van der Waals surface area contributed by atoms with E-state index >= 15 is 0 Å². The first kappa shape index (κ1) is 14.9. The lowest BCUT2D eigenvalue weighted by Gasteiger charge is -2.24. The number of carboxylic acids is 1. The average molecular weight is 307 g/mol. The zero-order chi connectivity index (χ0) is 15.9. The van der Waals surface area contributed by atoms with Gasteiger partial charge in [0.05, 0.1) is 11.6 Å². The maximum atomic E-state index is 12.4. The van der Waals surface area contributed by atoms with Gasteiger partial charge in [-0.3, -0.25) is 4.79 Å². The number of nitrogens with one attached hydrogen (secondary N) is 1. The van der Waals surface area contributed by atoms with Gasteiger partial charge in [0.25, 0.3) is 0 Å². The summed E-state index contributed by atoms with van der Waals surface area (Å²) >= 11 is 0. The number of oxazole rings is 1. The summed E-state index contributed by atoms with van der Waals surface area (Å²) in [6.07, 6.45) is 4.08. The highest BCUT2D eigenvalue weighted by Crippen LogP contribution is 2.48. The fraction of sp³-hybridized carbons (Fsp3) is 0.667. The molecule has 3 atom stereocenters. The molecule has 22 heavy (non-hydrogen) atoms. The molecule has 0 bridgehead atoms. The number of aryl methyl sites for hydroxylation is 1. The van der Waals surface area contributed by atoms with Gasteiger partial charge < -0.3 is 19.7 Å². The normalized spacial score (nSPS) is 28.5. The summed E-state index contributed by atoms with van der Waals surface area (Å²) in [6, 6.07) is -0.596. The Balaban J connectivity index is 1.66. The van der Waals surface area contributed by atoms with Crippen LogP contribution in [0.3, 0.4) is 0 Å². The van der Waals surface area contributed by atoms with Crippen LogP contribution in [0.15, 0.2) is 10.6 Å². The number of carbonyl (C=O) groups excluding carboxylic acids is 1. The van der Waals surface area contributed by atoms with E-state index < -0.39 is 11.4 Å². The van der Waals surface area contributed by atoms with Crippen LogP contribution in [0, 0.1) is 18.3 Å². The second kappa shape index (κ2) is 5.30. The molecule has 1 aliphatic heterocycles. The van der Waals surface area contributed by atoms with E-state index in [0.717, 1.165) is 12.8 Å². The van der Waals surface area contributed by atoms with Crippen molar-refractivity contribution in [1.82, 2.24) is 15.2 Å². The van der Waals surface area contributed by atoms with Crippen molar-refractivity contribution in [2.45, 2.75) is 39.2 Å². The van der Waals surface area contributed by atoms with Crippen molar-refractivity contribution in [2.75, 3.05) is 13.1 Å². The molecule has 2 aliphatic rings. The zero-order valence-corrected chi connectivity index (χ0v) is 12.8. The summed E-state index contributed by atoms with van der Waals surface area (Å²) < 4.78 is 5.40. The highest BCUT2D eigenvalue weighted by Gasteiger charge is 2.55. The van der Waals surface area contributed by atoms with Gasteiger partial charge in [-0.05, 0) is 32.6 Å². The molecule has 120 valence electrons.